The highest BCUT2D eigenvalue weighted by Gasteiger charge is 2.15. The lowest BCUT2D eigenvalue weighted by molar-refractivity contribution is 0.205. The third-order valence-electron chi connectivity index (χ3n) is 3.25. The van der Waals surface area contributed by atoms with E-state index in [9.17, 15) is 5.11 Å². The van der Waals surface area contributed by atoms with Gasteiger partial charge in [0.1, 0.15) is 11.9 Å². The molecule has 3 heteroatoms. The monoisotopic (exact) mass is 244 g/mol. The normalized spacial score (nSPS) is 12.9. The van der Waals surface area contributed by atoms with Gasteiger partial charge >= 0.3 is 0 Å². The summed E-state index contributed by atoms with van der Waals surface area (Å²) in [6.45, 7) is 7.18. The molecule has 1 atom stereocenters. The summed E-state index contributed by atoms with van der Waals surface area (Å²) in [5, 5.41) is 10.3. The van der Waals surface area contributed by atoms with Gasteiger partial charge in [0.15, 0.2) is 0 Å². The smallest absolute Gasteiger partial charge is 0.142 e. The number of hydrogen-bond donors (Lipinski definition) is 1. The lowest BCUT2D eigenvalue weighted by Crippen LogP contribution is -2.08. The molecular weight excluding hydrogens is 224 g/mol. The quantitative estimate of drug-likeness (QED) is 0.897. The van der Waals surface area contributed by atoms with E-state index in [1.54, 1.807) is 6.20 Å². The van der Waals surface area contributed by atoms with Crippen LogP contribution in [-0.4, -0.2) is 14.7 Å². The van der Waals surface area contributed by atoms with Gasteiger partial charge in [-0.3, -0.25) is 0 Å². The number of aliphatic hydroxyl groups excluding tert-OH is 1. The van der Waals surface area contributed by atoms with Crippen LogP contribution in [0, 0.1) is 0 Å². The van der Waals surface area contributed by atoms with Crippen molar-refractivity contribution in [3.8, 4) is 0 Å². The van der Waals surface area contributed by atoms with E-state index in [1.807, 2.05) is 29.8 Å². The minimum Gasteiger partial charge on any atom is -0.380 e. The summed E-state index contributed by atoms with van der Waals surface area (Å²) in [6, 6.07) is 8.11. The summed E-state index contributed by atoms with van der Waals surface area (Å²) < 4.78 is 1.96. The SMILES string of the molecule is CCn1ccnc1[C@@H](O)c1ccc(C(C)C)cc1. The average molecular weight is 244 g/mol. The van der Waals surface area contributed by atoms with Crippen LogP contribution in [0.1, 0.15) is 49.7 Å². The number of aromatic nitrogens is 2. The predicted molar refractivity (Wildman–Crippen MR) is 72.5 cm³/mol. The van der Waals surface area contributed by atoms with Crippen LogP contribution in [-0.2, 0) is 6.54 Å². The highest BCUT2D eigenvalue weighted by atomic mass is 16.3. The van der Waals surface area contributed by atoms with Crippen molar-refractivity contribution in [2.75, 3.05) is 0 Å². The van der Waals surface area contributed by atoms with Gasteiger partial charge in [-0.25, -0.2) is 4.98 Å². The van der Waals surface area contributed by atoms with Gasteiger partial charge in [0.2, 0.25) is 0 Å². The standard InChI is InChI=1S/C15H20N2O/c1-4-17-10-9-16-15(17)14(18)13-7-5-12(6-8-13)11(2)3/h5-11,14,18H,4H2,1-3H3/t14-/m0/s1. The number of imidazole rings is 1. The van der Waals surface area contributed by atoms with Gasteiger partial charge in [-0.15, -0.1) is 0 Å². The van der Waals surface area contributed by atoms with Gasteiger partial charge in [-0.2, -0.15) is 0 Å². The van der Waals surface area contributed by atoms with E-state index >= 15 is 0 Å². The van der Waals surface area contributed by atoms with Crippen LogP contribution >= 0.6 is 0 Å². The van der Waals surface area contributed by atoms with Crippen LogP contribution in [0.15, 0.2) is 36.7 Å². The van der Waals surface area contributed by atoms with Gasteiger partial charge in [0, 0.05) is 18.9 Å². The number of aliphatic hydroxyl groups is 1. The first-order valence-electron chi connectivity index (χ1n) is 6.42. The van der Waals surface area contributed by atoms with Crippen molar-refractivity contribution in [1.29, 1.82) is 0 Å². The van der Waals surface area contributed by atoms with Crippen LogP contribution in [0.2, 0.25) is 0 Å². The summed E-state index contributed by atoms with van der Waals surface area (Å²) in [7, 11) is 0. The van der Waals surface area contributed by atoms with E-state index in [0.29, 0.717) is 11.7 Å². The molecule has 3 nitrogen and oxygen atoms in total. The Bertz CT molecular complexity index is 499. The highest BCUT2D eigenvalue weighted by Crippen LogP contribution is 2.23. The summed E-state index contributed by atoms with van der Waals surface area (Å²) in [4.78, 5) is 4.23. The van der Waals surface area contributed by atoms with Crippen molar-refractivity contribution >= 4 is 0 Å². The molecular formula is C15H20N2O. The van der Waals surface area contributed by atoms with Crippen molar-refractivity contribution in [3.05, 3.63) is 53.6 Å². The van der Waals surface area contributed by atoms with Crippen LogP contribution < -0.4 is 0 Å². The number of hydrogen-bond acceptors (Lipinski definition) is 2. The van der Waals surface area contributed by atoms with Gasteiger partial charge in [0.25, 0.3) is 0 Å². The maximum Gasteiger partial charge on any atom is 0.142 e. The Kier molecular flexibility index (Phi) is 3.82. The van der Waals surface area contributed by atoms with Crippen molar-refractivity contribution in [1.82, 2.24) is 9.55 Å². The lowest BCUT2D eigenvalue weighted by atomic mass is 10.00. The Labute approximate surface area is 108 Å². The molecule has 0 unspecified atom stereocenters. The molecule has 2 rings (SSSR count). The molecule has 0 aliphatic rings. The molecule has 0 amide bonds. The van der Waals surface area contributed by atoms with E-state index in [4.69, 9.17) is 0 Å². The maximum absolute atomic E-state index is 10.3. The number of rotatable bonds is 4. The topological polar surface area (TPSA) is 38.0 Å². The molecule has 0 bridgehead atoms. The third kappa shape index (κ3) is 2.46. The molecule has 0 radical (unpaired) electrons. The number of aryl methyl sites for hydroxylation is 1. The van der Waals surface area contributed by atoms with Gasteiger partial charge in [0.05, 0.1) is 0 Å². The average Bonchev–Trinajstić information content (AvgIpc) is 2.86. The van der Waals surface area contributed by atoms with Gasteiger partial charge in [-0.05, 0) is 24.0 Å². The first-order valence-corrected chi connectivity index (χ1v) is 6.42. The fraction of sp³-hybridized carbons (Fsp3) is 0.400. The lowest BCUT2D eigenvalue weighted by Gasteiger charge is -2.13. The molecule has 0 spiro atoms. The fourth-order valence-electron chi connectivity index (χ4n) is 2.05. The zero-order chi connectivity index (χ0) is 13.1. The number of nitrogens with zero attached hydrogens (tertiary/aromatic N) is 2. The second kappa shape index (κ2) is 5.36. The zero-order valence-electron chi connectivity index (χ0n) is 11.2. The minimum atomic E-state index is -0.652. The summed E-state index contributed by atoms with van der Waals surface area (Å²) in [6.07, 6.45) is 2.96. The van der Waals surface area contributed by atoms with Gasteiger partial charge < -0.3 is 9.67 Å². The Morgan fingerprint density at radius 2 is 1.78 bits per heavy atom. The van der Waals surface area contributed by atoms with Crippen LogP contribution in [0.25, 0.3) is 0 Å². The second-order valence-corrected chi connectivity index (χ2v) is 4.80. The first kappa shape index (κ1) is 12.8. The molecule has 0 saturated heterocycles. The molecule has 0 aliphatic carbocycles. The van der Waals surface area contributed by atoms with E-state index in [1.165, 1.54) is 5.56 Å². The predicted octanol–water partition coefficient (Wildman–Crippen LogP) is 3.11. The summed E-state index contributed by atoms with van der Waals surface area (Å²) >= 11 is 0. The Hall–Kier alpha value is -1.61. The zero-order valence-corrected chi connectivity index (χ0v) is 11.2. The molecule has 0 aliphatic heterocycles. The molecule has 2 aromatic rings. The van der Waals surface area contributed by atoms with Gasteiger partial charge in [-0.1, -0.05) is 38.1 Å². The van der Waals surface area contributed by atoms with Crippen molar-refractivity contribution in [3.63, 3.8) is 0 Å². The molecule has 1 aromatic carbocycles. The summed E-state index contributed by atoms with van der Waals surface area (Å²) in [5.41, 5.74) is 2.17. The molecule has 1 aromatic heterocycles. The molecule has 96 valence electrons. The Balaban J connectivity index is 2.26. The van der Waals surface area contributed by atoms with E-state index in [2.05, 4.69) is 31.0 Å². The van der Waals surface area contributed by atoms with Crippen molar-refractivity contribution in [2.24, 2.45) is 0 Å². The molecule has 1 N–H and O–H groups in total. The fourth-order valence-corrected chi connectivity index (χ4v) is 2.05. The van der Waals surface area contributed by atoms with Crippen LogP contribution in [0.4, 0.5) is 0 Å². The number of benzene rings is 1. The Morgan fingerprint density at radius 3 is 2.33 bits per heavy atom. The van der Waals surface area contributed by atoms with Crippen molar-refractivity contribution < 1.29 is 5.11 Å². The van der Waals surface area contributed by atoms with Crippen LogP contribution in [0.3, 0.4) is 0 Å². The van der Waals surface area contributed by atoms with Crippen molar-refractivity contribution in [2.45, 2.75) is 39.3 Å². The first-order chi connectivity index (χ1) is 8.63. The largest absolute Gasteiger partial charge is 0.380 e. The Morgan fingerprint density at radius 1 is 1.17 bits per heavy atom. The minimum absolute atomic E-state index is 0.508. The molecule has 1 heterocycles. The molecule has 0 fully saturated rings. The maximum atomic E-state index is 10.3. The summed E-state index contributed by atoms with van der Waals surface area (Å²) in [5.74, 6) is 1.21. The van der Waals surface area contributed by atoms with E-state index < -0.39 is 6.10 Å². The third-order valence-corrected chi connectivity index (χ3v) is 3.25. The molecule has 18 heavy (non-hydrogen) atoms. The second-order valence-electron chi connectivity index (χ2n) is 4.80. The molecule has 0 saturated carbocycles. The van der Waals surface area contributed by atoms with Crippen LogP contribution in [0.5, 0.6) is 0 Å². The van der Waals surface area contributed by atoms with E-state index in [0.717, 1.165) is 12.1 Å². The van der Waals surface area contributed by atoms with E-state index in [-0.39, 0.29) is 0 Å². The highest BCUT2D eigenvalue weighted by molar-refractivity contribution is 5.29.